The lowest BCUT2D eigenvalue weighted by molar-refractivity contribution is -0.137. The van der Waals surface area contributed by atoms with E-state index in [4.69, 9.17) is 4.42 Å². The van der Waals surface area contributed by atoms with Gasteiger partial charge in [0.1, 0.15) is 5.52 Å². The number of likely N-dealkylation sites (N-methyl/N-ethyl adjacent to an activating group) is 1. The molecule has 1 aromatic heterocycles. The minimum atomic E-state index is -4.35. The number of fused-ring (bicyclic) bond motifs is 1. The third-order valence-electron chi connectivity index (χ3n) is 2.52. The third kappa shape index (κ3) is 2.81. The first kappa shape index (κ1) is 12.9. The van der Waals surface area contributed by atoms with Crippen LogP contribution in [0.2, 0.25) is 0 Å². The largest absolute Gasteiger partial charge is 0.441 e. The molecule has 18 heavy (non-hydrogen) atoms. The quantitative estimate of drug-likeness (QED) is 0.857. The molecule has 2 rings (SSSR count). The SMILES string of the molecule is CCNCCc1nc2cc(C(F)(F)F)ccc2o1. The van der Waals surface area contributed by atoms with Gasteiger partial charge in [-0.2, -0.15) is 13.2 Å². The molecule has 0 radical (unpaired) electrons. The summed E-state index contributed by atoms with van der Waals surface area (Å²) in [7, 11) is 0. The van der Waals surface area contributed by atoms with Crippen LogP contribution in [0.15, 0.2) is 22.6 Å². The molecule has 6 heteroatoms. The first-order chi connectivity index (χ1) is 8.50. The summed E-state index contributed by atoms with van der Waals surface area (Å²) in [6.07, 6.45) is -3.79. The van der Waals surface area contributed by atoms with Crippen LogP contribution >= 0.6 is 0 Å². The van der Waals surface area contributed by atoms with Crippen molar-refractivity contribution in [1.29, 1.82) is 0 Å². The molecule has 0 fully saturated rings. The number of halogens is 3. The van der Waals surface area contributed by atoms with Gasteiger partial charge in [-0.25, -0.2) is 4.98 Å². The smallest absolute Gasteiger partial charge is 0.416 e. The van der Waals surface area contributed by atoms with Gasteiger partial charge < -0.3 is 9.73 Å². The molecule has 0 atom stereocenters. The van der Waals surface area contributed by atoms with Crippen molar-refractivity contribution in [3.05, 3.63) is 29.7 Å². The first-order valence-electron chi connectivity index (χ1n) is 5.68. The van der Waals surface area contributed by atoms with Crippen LogP contribution in [0.1, 0.15) is 18.4 Å². The summed E-state index contributed by atoms with van der Waals surface area (Å²) in [4.78, 5) is 4.05. The topological polar surface area (TPSA) is 38.1 Å². The molecular weight excluding hydrogens is 245 g/mol. The highest BCUT2D eigenvalue weighted by molar-refractivity contribution is 5.73. The minimum absolute atomic E-state index is 0.247. The van der Waals surface area contributed by atoms with Crippen molar-refractivity contribution in [2.45, 2.75) is 19.5 Å². The number of hydrogen-bond acceptors (Lipinski definition) is 3. The van der Waals surface area contributed by atoms with E-state index in [-0.39, 0.29) is 5.52 Å². The lowest BCUT2D eigenvalue weighted by Crippen LogP contribution is -2.16. The summed E-state index contributed by atoms with van der Waals surface area (Å²) in [5, 5.41) is 3.10. The van der Waals surface area contributed by atoms with Crippen LogP contribution in [0.25, 0.3) is 11.1 Å². The molecule has 98 valence electrons. The number of benzene rings is 1. The Morgan fingerprint density at radius 2 is 2.11 bits per heavy atom. The Balaban J connectivity index is 2.23. The highest BCUT2D eigenvalue weighted by Crippen LogP contribution is 2.31. The zero-order valence-corrected chi connectivity index (χ0v) is 9.84. The molecule has 0 amide bonds. The Labute approximate surface area is 102 Å². The molecule has 1 aromatic carbocycles. The molecule has 1 heterocycles. The maximum Gasteiger partial charge on any atom is 0.416 e. The van der Waals surface area contributed by atoms with E-state index < -0.39 is 11.7 Å². The van der Waals surface area contributed by atoms with Crippen LogP contribution in [0.3, 0.4) is 0 Å². The number of rotatable bonds is 4. The zero-order chi connectivity index (χ0) is 13.2. The van der Waals surface area contributed by atoms with Gasteiger partial charge in [-0.05, 0) is 24.7 Å². The molecule has 0 aliphatic heterocycles. The fourth-order valence-electron chi connectivity index (χ4n) is 1.63. The Bertz CT molecular complexity index is 534. The molecule has 0 unspecified atom stereocenters. The lowest BCUT2D eigenvalue weighted by Gasteiger charge is -2.04. The average Bonchev–Trinajstić information content (AvgIpc) is 2.69. The van der Waals surface area contributed by atoms with Gasteiger partial charge in [-0.3, -0.25) is 0 Å². The number of aromatic nitrogens is 1. The number of nitrogens with zero attached hydrogens (tertiary/aromatic N) is 1. The second-order valence-corrected chi connectivity index (χ2v) is 3.89. The van der Waals surface area contributed by atoms with Crippen molar-refractivity contribution >= 4 is 11.1 Å². The van der Waals surface area contributed by atoms with Gasteiger partial charge in [-0.15, -0.1) is 0 Å². The second kappa shape index (κ2) is 4.97. The Hall–Kier alpha value is -1.56. The Kier molecular flexibility index (Phi) is 3.56. The summed E-state index contributed by atoms with van der Waals surface area (Å²) in [6, 6.07) is 3.32. The van der Waals surface area contributed by atoms with Crippen molar-refractivity contribution in [1.82, 2.24) is 10.3 Å². The van der Waals surface area contributed by atoms with Crippen LogP contribution in [-0.4, -0.2) is 18.1 Å². The highest BCUT2D eigenvalue weighted by Gasteiger charge is 2.30. The summed E-state index contributed by atoms with van der Waals surface area (Å²) >= 11 is 0. The van der Waals surface area contributed by atoms with E-state index in [9.17, 15) is 13.2 Å². The molecule has 0 spiro atoms. The standard InChI is InChI=1S/C12H13F3N2O/c1-2-16-6-5-11-17-9-7-8(12(13,14)15)3-4-10(9)18-11/h3-4,7,16H,2,5-6H2,1H3. The number of nitrogens with one attached hydrogen (secondary N) is 1. The second-order valence-electron chi connectivity index (χ2n) is 3.89. The average molecular weight is 258 g/mol. The normalized spacial score (nSPS) is 12.2. The van der Waals surface area contributed by atoms with Gasteiger partial charge in [0.25, 0.3) is 0 Å². The van der Waals surface area contributed by atoms with Crippen LogP contribution in [-0.2, 0) is 12.6 Å². The predicted molar refractivity (Wildman–Crippen MR) is 61.3 cm³/mol. The molecular formula is C12H13F3N2O. The van der Waals surface area contributed by atoms with E-state index in [1.54, 1.807) is 0 Å². The number of hydrogen-bond donors (Lipinski definition) is 1. The molecule has 0 aliphatic rings. The number of alkyl halides is 3. The third-order valence-corrected chi connectivity index (χ3v) is 2.52. The Morgan fingerprint density at radius 1 is 1.33 bits per heavy atom. The summed E-state index contributed by atoms with van der Waals surface area (Å²) < 4.78 is 42.9. The maximum absolute atomic E-state index is 12.5. The Morgan fingerprint density at radius 3 is 2.78 bits per heavy atom. The predicted octanol–water partition coefficient (Wildman–Crippen LogP) is 3.00. The van der Waals surface area contributed by atoms with Gasteiger partial charge in [0.05, 0.1) is 5.56 Å². The van der Waals surface area contributed by atoms with Crippen LogP contribution in [0.5, 0.6) is 0 Å². The van der Waals surface area contributed by atoms with Gasteiger partial charge in [0.2, 0.25) is 0 Å². The van der Waals surface area contributed by atoms with Crippen LogP contribution in [0.4, 0.5) is 13.2 Å². The fraction of sp³-hybridized carbons (Fsp3) is 0.417. The maximum atomic E-state index is 12.5. The van der Waals surface area contributed by atoms with E-state index in [1.807, 2.05) is 6.92 Å². The molecule has 0 aliphatic carbocycles. The van der Waals surface area contributed by atoms with Crippen LogP contribution in [0, 0.1) is 0 Å². The fourth-order valence-corrected chi connectivity index (χ4v) is 1.63. The molecule has 0 bridgehead atoms. The first-order valence-corrected chi connectivity index (χ1v) is 5.68. The van der Waals surface area contributed by atoms with Crippen molar-refractivity contribution in [3.8, 4) is 0 Å². The van der Waals surface area contributed by atoms with Crippen molar-refractivity contribution in [2.75, 3.05) is 13.1 Å². The van der Waals surface area contributed by atoms with Crippen molar-refractivity contribution in [3.63, 3.8) is 0 Å². The summed E-state index contributed by atoms with van der Waals surface area (Å²) in [5.41, 5.74) is -0.0765. The van der Waals surface area contributed by atoms with Crippen molar-refractivity contribution in [2.24, 2.45) is 0 Å². The molecule has 2 aromatic rings. The minimum Gasteiger partial charge on any atom is -0.441 e. The molecule has 0 saturated carbocycles. The van der Waals surface area contributed by atoms with E-state index in [0.717, 1.165) is 18.7 Å². The molecule has 3 nitrogen and oxygen atoms in total. The van der Waals surface area contributed by atoms with E-state index in [2.05, 4.69) is 10.3 Å². The van der Waals surface area contributed by atoms with Gasteiger partial charge in [0, 0.05) is 13.0 Å². The van der Waals surface area contributed by atoms with E-state index in [1.165, 1.54) is 6.07 Å². The lowest BCUT2D eigenvalue weighted by atomic mass is 10.2. The summed E-state index contributed by atoms with van der Waals surface area (Å²) in [5.74, 6) is 0.449. The zero-order valence-electron chi connectivity index (χ0n) is 9.84. The molecule has 0 saturated heterocycles. The van der Waals surface area contributed by atoms with Gasteiger partial charge in [0.15, 0.2) is 11.5 Å². The van der Waals surface area contributed by atoms with E-state index in [0.29, 0.717) is 24.4 Å². The van der Waals surface area contributed by atoms with Crippen molar-refractivity contribution < 1.29 is 17.6 Å². The summed E-state index contributed by atoms with van der Waals surface area (Å²) in [6.45, 7) is 3.50. The molecule has 1 N–H and O–H groups in total. The van der Waals surface area contributed by atoms with Gasteiger partial charge in [-0.1, -0.05) is 6.92 Å². The van der Waals surface area contributed by atoms with Gasteiger partial charge >= 0.3 is 6.18 Å². The highest BCUT2D eigenvalue weighted by atomic mass is 19.4. The van der Waals surface area contributed by atoms with E-state index >= 15 is 0 Å². The monoisotopic (exact) mass is 258 g/mol. The number of oxazole rings is 1. The van der Waals surface area contributed by atoms with Crippen LogP contribution < -0.4 is 5.32 Å².